The highest BCUT2D eigenvalue weighted by Gasteiger charge is 2.35. The number of amides is 1. The Balaban J connectivity index is 2.44. The van der Waals surface area contributed by atoms with Gasteiger partial charge in [0.1, 0.15) is 6.42 Å². The van der Waals surface area contributed by atoms with Crippen molar-refractivity contribution in [2.24, 2.45) is 5.41 Å². The summed E-state index contributed by atoms with van der Waals surface area (Å²) in [7, 11) is 0. The quantitative estimate of drug-likeness (QED) is 0.669. The molecule has 0 aromatic rings. The van der Waals surface area contributed by atoms with E-state index in [4.69, 9.17) is 0 Å². The van der Waals surface area contributed by atoms with Gasteiger partial charge >= 0.3 is 6.18 Å². The summed E-state index contributed by atoms with van der Waals surface area (Å²) < 4.78 is 35.9. The molecule has 1 aliphatic rings. The number of hydrogen-bond acceptors (Lipinski definition) is 1. The van der Waals surface area contributed by atoms with E-state index in [0.717, 1.165) is 12.8 Å². The lowest BCUT2D eigenvalue weighted by Crippen LogP contribution is -2.42. The number of carbonyl (C=O) groups excluding carboxylic acids is 1. The molecular formula is C10H16F3NO. The number of likely N-dealkylation sites (tertiary alicyclic amines) is 1. The number of piperidine rings is 1. The van der Waals surface area contributed by atoms with Gasteiger partial charge in [-0.2, -0.15) is 13.2 Å². The maximum atomic E-state index is 12.0. The molecule has 0 aromatic carbocycles. The van der Waals surface area contributed by atoms with E-state index in [-0.39, 0.29) is 5.41 Å². The molecule has 0 atom stereocenters. The number of halogens is 3. The fourth-order valence-corrected chi connectivity index (χ4v) is 1.64. The third-order valence-electron chi connectivity index (χ3n) is 2.82. The molecule has 0 N–H and O–H groups in total. The molecule has 1 heterocycles. The van der Waals surface area contributed by atoms with Crippen LogP contribution < -0.4 is 0 Å². The third-order valence-corrected chi connectivity index (χ3v) is 2.82. The number of alkyl halides is 3. The Morgan fingerprint density at radius 1 is 1.27 bits per heavy atom. The van der Waals surface area contributed by atoms with E-state index >= 15 is 0 Å². The first-order valence-corrected chi connectivity index (χ1v) is 5.04. The van der Waals surface area contributed by atoms with Gasteiger partial charge in [-0.05, 0) is 18.3 Å². The molecule has 0 spiro atoms. The molecule has 1 aliphatic heterocycles. The first-order valence-electron chi connectivity index (χ1n) is 5.04. The van der Waals surface area contributed by atoms with Crippen molar-refractivity contribution in [3.8, 4) is 0 Å². The Labute approximate surface area is 87.4 Å². The number of hydrogen-bond donors (Lipinski definition) is 0. The second kappa shape index (κ2) is 4.02. The predicted molar refractivity (Wildman–Crippen MR) is 50.3 cm³/mol. The summed E-state index contributed by atoms with van der Waals surface area (Å²) in [5.74, 6) is -0.794. The van der Waals surface area contributed by atoms with Gasteiger partial charge in [0, 0.05) is 13.1 Å². The number of rotatable bonds is 1. The lowest BCUT2D eigenvalue weighted by Gasteiger charge is -2.37. The standard InChI is InChI=1S/C10H16F3NO/c1-9(2)3-5-14(6-4-9)8(15)7-10(11,12)13/h3-7H2,1-2H3. The maximum absolute atomic E-state index is 12.0. The van der Waals surface area contributed by atoms with Crippen LogP contribution in [0.4, 0.5) is 13.2 Å². The minimum Gasteiger partial charge on any atom is -0.342 e. The lowest BCUT2D eigenvalue weighted by molar-refractivity contribution is -0.162. The van der Waals surface area contributed by atoms with Gasteiger partial charge in [-0.25, -0.2) is 0 Å². The van der Waals surface area contributed by atoms with Crippen LogP contribution in [0, 0.1) is 5.41 Å². The zero-order chi connectivity index (χ0) is 11.7. The summed E-state index contributed by atoms with van der Waals surface area (Å²) in [4.78, 5) is 12.5. The molecular weight excluding hydrogens is 207 g/mol. The van der Waals surface area contributed by atoms with Crippen LogP contribution in [-0.2, 0) is 4.79 Å². The van der Waals surface area contributed by atoms with Gasteiger partial charge in [0.25, 0.3) is 0 Å². The number of carbonyl (C=O) groups is 1. The van der Waals surface area contributed by atoms with Crippen LogP contribution in [-0.4, -0.2) is 30.1 Å². The van der Waals surface area contributed by atoms with Crippen LogP contribution in [0.5, 0.6) is 0 Å². The molecule has 1 rings (SSSR count). The van der Waals surface area contributed by atoms with Crippen LogP contribution in [0.2, 0.25) is 0 Å². The van der Waals surface area contributed by atoms with Crippen molar-refractivity contribution >= 4 is 5.91 Å². The highest BCUT2D eigenvalue weighted by atomic mass is 19.4. The average Bonchev–Trinajstić information content (AvgIpc) is 2.00. The summed E-state index contributed by atoms with van der Waals surface area (Å²) in [6.07, 6.45) is -4.16. The first kappa shape index (κ1) is 12.3. The first-order chi connectivity index (χ1) is 6.70. The molecule has 0 bridgehead atoms. The van der Waals surface area contributed by atoms with Crippen LogP contribution >= 0.6 is 0 Å². The van der Waals surface area contributed by atoms with Gasteiger partial charge in [-0.15, -0.1) is 0 Å². The van der Waals surface area contributed by atoms with Crippen LogP contribution in [0.15, 0.2) is 0 Å². The Morgan fingerprint density at radius 2 is 1.73 bits per heavy atom. The van der Waals surface area contributed by atoms with Crippen molar-refractivity contribution in [3.63, 3.8) is 0 Å². The van der Waals surface area contributed by atoms with Crippen molar-refractivity contribution in [2.75, 3.05) is 13.1 Å². The minimum absolute atomic E-state index is 0.148. The molecule has 15 heavy (non-hydrogen) atoms. The Hall–Kier alpha value is -0.740. The summed E-state index contributed by atoms with van der Waals surface area (Å²) in [5.41, 5.74) is 0.148. The van der Waals surface area contributed by atoms with E-state index in [0.29, 0.717) is 13.1 Å². The second-order valence-electron chi connectivity index (χ2n) is 4.84. The van der Waals surface area contributed by atoms with E-state index in [1.54, 1.807) is 0 Å². The Morgan fingerprint density at radius 3 is 2.13 bits per heavy atom. The fraction of sp³-hybridized carbons (Fsp3) is 0.900. The molecule has 2 nitrogen and oxygen atoms in total. The Bertz CT molecular complexity index is 238. The molecule has 88 valence electrons. The van der Waals surface area contributed by atoms with E-state index < -0.39 is 18.5 Å². The predicted octanol–water partition coefficient (Wildman–Crippen LogP) is 2.59. The van der Waals surface area contributed by atoms with E-state index in [1.165, 1.54) is 4.90 Å². The minimum atomic E-state index is -4.38. The van der Waals surface area contributed by atoms with Gasteiger partial charge < -0.3 is 4.90 Å². The summed E-state index contributed by atoms with van der Waals surface area (Å²) >= 11 is 0. The van der Waals surface area contributed by atoms with Crippen molar-refractivity contribution in [1.29, 1.82) is 0 Å². The summed E-state index contributed by atoms with van der Waals surface area (Å²) in [6.45, 7) is 5.03. The van der Waals surface area contributed by atoms with Gasteiger partial charge in [0.05, 0.1) is 0 Å². The van der Waals surface area contributed by atoms with E-state index in [1.807, 2.05) is 0 Å². The molecule has 1 saturated heterocycles. The molecule has 0 aliphatic carbocycles. The zero-order valence-electron chi connectivity index (χ0n) is 9.02. The highest BCUT2D eigenvalue weighted by molar-refractivity contribution is 5.76. The Kier molecular flexibility index (Phi) is 3.31. The molecule has 5 heteroatoms. The average molecular weight is 223 g/mol. The van der Waals surface area contributed by atoms with E-state index in [9.17, 15) is 18.0 Å². The van der Waals surface area contributed by atoms with Crippen molar-refractivity contribution < 1.29 is 18.0 Å². The number of nitrogens with zero attached hydrogens (tertiary/aromatic N) is 1. The topological polar surface area (TPSA) is 20.3 Å². The molecule has 0 saturated carbocycles. The summed E-state index contributed by atoms with van der Waals surface area (Å²) in [5, 5.41) is 0. The highest BCUT2D eigenvalue weighted by Crippen LogP contribution is 2.30. The third kappa shape index (κ3) is 4.10. The smallest absolute Gasteiger partial charge is 0.342 e. The lowest BCUT2D eigenvalue weighted by atomic mass is 9.82. The molecule has 1 amide bonds. The molecule has 0 aromatic heterocycles. The maximum Gasteiger partial charge on any atom is 0.397 e. The van der Waals surface area contributed by atoms with Gasteiger partial charge in [-0.1, -0.05) is 13.8 Å². The van der Waals surface area contributed by atoms with Crippen molar-refractivity contribution in [1.82, 2.24) is 4.90 Å². The second-order valence-corrected chi connectivity index (χ2v) is 4.84. The fourth-order valence-electron chi connectivity index (χ4n) is 1.64. The van der Waals surface area contributed by atoms with Crippen molar-refractivity contribution in [3.05, 3.63) is 0 Å². The molecule has 0 radical (unpaired) electrons. The van der Waals surface area contributed by atoms with Gasteiger partial charge in [0.2, 0.25) is 5.91 Å². The van der Waals surface area contributed by atoms with Crippen LogP contribution in [0.1, 0.15) is 33.1 Å². The van der Waals surface area contributed by atoms with Gasteiger partial charge in [0.15, 0.2) is 0 Å². The van der Waals surface area contributed by atoms with E-state index in [2.05, 4.69) is 13.8 Å². The monoisotopic (exact) mass is 223 g/mol. The SMILES string of the molecule is CC1(C)CCN(C(=O)CC(F)(F)F)CC1. The normalized spacial score (nSPS) is 21.5. The zero-order valence-corrected chi connectivity index (χ0v) is 9.02. The van der Waals surface area contributed by atoms with Crippen LogP contribution in [0.3, 0.4) is 0 Å². The van der Waals surface area contributed by atoms with Gasteiger partial charge in [-0.3, -0.25) is 4.79 Å². The molecule has 1 fully saturated rings. The summed E-state index contributed by atoms with van der Waals surface area (Å²) in [6, 6.07) is 0. The largest absolute Gasteiger partial charge is 0.397 e. The van der Waals surface area contributed by atoms with Crippen molar-refractivity contribution in [2.45, 2.75) is 39.3 Å². The molecule has 0 unspecified atom stereocenters. The van der Waals surface area contributed by atoms with Crippen LogP contribution in [0.25, 0.3) is 0 Å².